The van der Waals surface area contributed by atoms with Crippen molar-refractivity contribution in [3.8, 4) is 0 Å². The van der Waals surface area contributed by atoms with Gasteiger partial charge in [-0.2, -0.15) is 0 Å². The Hall–Kier alpha value is -2.90. The van der Waals surface area contributed by atoms with Crippen LogP contribution in [0.3, 0.4) is 0 Å². The van der Waals surface area contributed by atoms with Gasteiger partial charge < -0.3 is 19.9 Å². The molecule has 174 valence electrons. The van der Waals surface area contributed by atoms with Gasteiger partial charge in [0.15, 0.2) is 0 Å². The summed E-state index contributed by atoms with van der Waals surface area (Å²) in [5, 5.41) is 3.08. The molecule has 1 N–H and O–H groups in total. The number of piperidine rings is 1. The second-order valence-corrected chi connectivity index (χ2v) is 8.50. The average Bonchev–Trinajstić information content (AvgIpc) is 3.20. The van der Waals surface area contributed by atoms with E-state index in [0.29, 0.717) is 39.1 Å². The number of ether oxygens (including phenoxy) is 1. The Balaban J connectivity index is 1.43. The van der Waals surface area contributed by atoms with Crippen molar-refractivity contribution in [1.29, 1.82) is 0 Å². The quantitative estimate of drug-likeness (QED) is 0.621. The summed E-state index contributed by atoms with van der Waals surface area (Å²) in [7, 11) is 0. The fraction of sp³-hybridized carbons (Fsp3) is 0.583. The molecule has 2 aliphatic heterocycles. The Labute approximate surface area is 189 Å². The second kappa shape index (κ2) is 11.1. The number of nitrogens with one attached hydrogen (secondary N) is 1. The Morgan fingerprint density at radius 3 is 2.47 bits per heavy atom. The van der Waals surface area contributed by atoms with E-state index in [1.165, 1.54) is 0 Å². The molecule has 2 atom stereocenters. The van der Waals surface area contributed by atoms with Crippen molar-refractivity contribution in [3.63, 3.8) is 0 Å². The van der Waals surface area contributed by atoms with Gasteiger partial charge in [-0.3, -0.25) is 19.2 Å². The molecule has 0 radical (unpaired) electrons. The van der Waals surface area contributed by atoms with E-state index in [0.717, 1.165) is 5.56 Å². The molecule has 0 saturated carbocycles. The van der Waals surface area contributed by atoms with Gasteiger partial charge in [-0.05, 0) is 32.3 Å². The first-order chi connectivity index (χ1) is 15.4. The summed E-state index contributed by atoms with van der Waals surface area (Å²) in [6.07, 6.45) is 1.81. The number of carbonyl (C=O) groups is 4. The number of rotatable bonds is 8. The van der Waals surface area contributed by atoms with Crippen molar-refractivity contribution in [3.05, 3.63) is 35.9 Å². The number of nitrogens with zero attached hydrogens (tertiary/aromatic N) is 2. The van der Waals surface area contributed by atoms with Gasteiger partial charge in [0.2, 0.25) is 17.7 Å². The van der Waals surface area contributed by atoms with Gasteiger partial charge in [0, 0.05) is 38.5 Å². The lowest BCUT2D eigenvalue weighted by Crippen LogP contribution is -2.48. The highest BCUT2D eigenvalue weighted by Gasteiger charge is 2.38. The minimum Gasteiger partial charge on any atom is -0.466 e. The molecule has 2 unspecified atom stereocenters. The monoisotopic (exact) mass is 443 g/mol. The Morgan fingerprint density at radius 1 is 1.12 bits per heavy atom. The molecular weight excluding hydrogens is 410 g/mol. The van der Waals surface area contributed by atoms with Gasteiger partial charge in [-0.25, -0.2) is 0 Å². The summed E-state index contributed by atoms with van der Waals surface area (Å²) in [6.45, 7) is 5.56. The Bertz CT molecular complexity index is 820. The predicted octanol–water partition coefficient (Wildman–Crippen LogP) is 2.05. The minimum atomic E-state index is -0.357. The maximum Gasteiger partial charge on any atom is 0.306 e. The third-order valence-electron chi connectivity index (χ3n) is 6.32. The third-order valence-corrected chi connectivity index (χ3v) is 6.32. The molecule has 0 aromatic heterocycles. The van der Waals surface area contributed by atoms with Crippen molar-refractivity contribution in [2.24, 2.45) is 5.92 Å². The average molecular weight is 444 g/mol. The fourth-order valence-corrected chi connectivity index (χ4v) is 4.39. The largest absolute Gasteiger partial charge is 0.466 e. The molecule has 2 saturated heterocycles. The molecule has 1 aromatic carbocycles. The zero-order chi connectivity index (χ0) is 23.1. The summed E-state index contributed by atoms with van der Waals surface area (Å²) in [6, 6.07) is 9.75. The van der Waals surface area contributed by atoms with Crippen LogP contribution in [-0.2, 0) is 23.9 Å². The van der Waals surface area contributed by atoms with Crippen LogP contribution in [0.15, 0.2) is 30.3 Å². The maximum absolute atomic E-state index is 12.8. The Kier molecular flexibility index (Phi) is 8.25. The van der Waals surface area contributed by atoms with Crippen molar-refractivity contribution < 1.29 is 23.9 Å². The van der Waals surface area contributed by atoms with Crippen molar-refractivity contribution in [1.82, 2.24) is 15.1 Å². The van der Waals surface area contributed by atoms with Gasteiger partial charge in [-0.1, -0.05) is 30.3 Å². The van der Waals surface area contributed by atoms with Gasteiger partial charge in [-0.15, -0.1) is 0 Å². The highest BCUT2D eigenvalue weighted by molar-refractivity contribution is 5.89. The zero-order valence-corrected chi connectivity index (χ0v) is 18.9. The highest BCUT2D eigenvalue weighted by atomic mass is 16.5. The molecular formula is C24H33N3O5. The van der Waals surface area contributed by atoms with Crippen molar-refractivity contribution >= 4 is 23.7 Å². The van der Waals surface area contributed by atoms with Gasteiger partial charge >= 0.3 is 5.97 Å². The van der Waals surface area contributed by atoms with Crippen molar-refractivity contribution in [2.75, 3.05) is 26.2 Å². The normalized spacial score (nSPS) is 20.2. The van der Waals surface area contributed by atoms with E-state index in [-0.39, 0.29) is 61.0 Å². The first-order valence-electron chi connectivity index (χ1n) is 11.5. The molecule has 2 heterocycles. The molecule has 2 aliphatic rings. The molecule has 0 aliphatic carbocycles. The van der Waals surface area contributed by atoms with E-state index in [4.69, 9.17) is 4.74 Å². The van der Waals surface area contributed by atoms with Crippen LogP contribution in [0, 0.1) is 5.92 Å². The lowest BCUT2D eigenvalue weighted by molar-refractivity contribution is -0.146. The second-order valence-electron chi connectivity index (χ2n) is 8.50. The van der Waals surface area contributed by atoms with E-state index < -0.39 is 0 Å². The van der Waals surface area contributed by atoms with Gasteiger partial charge in [0.05, 0.1) is 25.0 Å². The summed E-state index contributed by atoms with van der Waals surface area (Å²) in [5.74, 6) is -0.853. The molecule has 0 bridgehead atoms. The van der Waals surface area contributed by atoms with E-state index in [1.54, 1.807) is 16.7 Å². The van der Waals surface area contributed by atoms with Gasteiger partial charge in [0.1, 0.15) is 0 Å². The topological polar surface area (TPSA) is 96.0 Å². The molecule has 8 heteroatoms. The molecule has 0 spiro atoms. The molecule has 1 aromatic rings. The number of amides is 3. The number of hydrogen-bond donors (Lipinski definition) is 1. The van der Waals surface area contributed by atoms with E-state index in [9.17, 15) is 19.2 Å². The van der Waals surface area contributed by atoms with E-state index in [1.807, 2.05) is 37.3 Å². The fourth-order valence-electron chi connectivity index (χ4n) is 4.39. The van der Waals surface area contributed by atoms with Gasteiger partial charge in [0.25, 0.3) is 0 Å². The lowest BCUT2D eigenvalue weighted by Gasteiger charge is -2.33. The summed E-state index contributed by atoms with van der Waals surface area (Å²) >= 11 is 0. The van der Waals surface area contributed by atoms with Crippen LogP contribution < -0.4 is 5.32 Å². The standard InChI is InChI=1S/C24H33N3O5/c1-3-32-23(30)10-9-21(28)26-13-11-20(12-14-26)25-24(31)19-15-22(29)27(16-19)17(2)18-7-5-4-6-8-18/h4-8,17,19-20H,3,9-16H2,1-2H3,(H,25,31). The van der Waals surface area contributed by atoms with E-state index >= 15 is 0 Å². The van der Waals surface area contributed by atoms with Crippen LogP contribution in [-0.4, -0.2) is 65.8 Å². The number of benzene rings is 1. The zero-order valence-electron chi connectivity index (χ0n) is 18.9. The summed E-state index contributed by atoms with van der Waals surface area (Å²) < 4.78 is 4.86. The van der Waals surface area contributed by atoms with E-state index in [2.05, 4.69) is 5.32 Å². The molecule has 3 rings (SSSR count). The maximum atomic E-state index is 12.8. The smallest absolute Gasteiger partial charge is 0.306 e. The molecule has 32 heavy (non-hydrogen) atoms. The van der Waals surface area contributed by atoms with Crippen LogP contribution in [0.5, 0.6) is 0 Å². The number of hydrogen-bond acceptors (Lipinski definition) is 5. The number of carbonyl (C=O) groups excluding carboxylic acids is 4. The third kappa shape index (κ3) is 6.08. The summed E-state index contributed by atoms with van der Waals surface area (Å²) in [5.41, 5.74) is 1.06. The molecule has 2 fully saturated rings. The highest BCUT2D eigenvalue weighted by Crippen LogP contribution is 2.28. The van der Waals surface area contributed by atoms with Crippen molar-refractivity contribution in [2.45, 2.75) is 58.0 Å². The lowest BCUT2D eigenvalue weighted by atomic mass is 10.0. The molecule has 8 nitrogen and oxygen atoms in total. The minimum absolute atomic E-state index is 0.00326. The van der Waals surface area contributed by atoms with Crippen LogP contribution >= 0.6 is 0 Å². The Morgan fingerprint density at radius 2 is 1.81 bits per heavy atom. The summed E-state index contributed by atoms with van der Waals surface area (Å²) in [4.78, 5) is 52.6. The van der Waals surface area contributed by atoms with Crippen LogP contribution in [0.4, 0.5) is 0 Å². The molecule has 3 amide bonds. The number of likely N-dealkylation sites (tertiary alicyclic amines) is 2. The SMILES string of the molecule is CCOC(=O)CCC(=O)N1CCC(NC(=O)C2CC(=O)N(C(C)c3ccccc3)C2)CC1. The first-order valence-corrected chi connectivity index (χ1v) is 11.5. The van der Waals surface area contributed by atoms with Crippen LogP contribution in [0.2, 0.25) is 0 Å². The van der Waals surface area contributed by atoms with Crippen LogP contribution in [0.1, 0.15) is 57.6 Å². The first kappa shape index (κ1) is 23.8. The number of esters is 1. The van der Waals surface area contributed by atoms with Crippen LogP contribution in [0.25, 0.3) is 0 Å². The predicted molar refractivity (Wildman–Crippen MR) is 118 cm³/mol.